The van der Waals surface area contributed by atoms with Crippen LogP contribution in [0.1, 0.15) is 35.3 Å². The van der Waals surface area contributed by atoms with Crippen LogP contribution in [0.25, 0.3) is 16.6 Å². The first-order chi connectivity index (χ1) is 16.2. The molecule has 34 heavy (non-hydrogen) atoms. The molecule has 1 atom stereocenters. The van der Waals surface area contributed by atoms with E-state index >= 15 is 0 Å². The quantitative estimate of drug-likeness (QED) is 0.429. The molecule has 0 bridgehead atoms. The van der Waals surface area contributed by atoms with Crippen LogP contribution in [0.3, 0.4) is 0 Å². The maximum absolute atomic E-state index is 13.3. The zero-order valence-corrected chi connectivity index (χ0v) is 19.6. The van der Waals surface area contributed by atoms with E-state index in [1.54, 1.807) is 41.3 Å². The molecule has 10 heteroatoms. The van der Waals surface area contributed by atoms with Crippen LogP contribution in [-0.2, 0) is 9.84 Å². The van der Waals surface area contributed by atoms with E-state index in [1.165, 1.54) is 31.5 Å². The van der Waals surface area contributed by atoms with Gasteiger partial charge in [-0.2, -0.15) is 5.10 Å². The molecule has 0 saturated heterocycles. The van der Waals surface area contributed by atoms with Gasteiger partial charge < -0.3 is 10.1 Å². The molecule has 0 spiro atoms. The second kappa shape index (κ2) is 9.22. The summed E-state index contributed by atoms with van der Waals surface area (Å²) in [5.41, 5.74) is 2.19. The van der Waals surface area contributed by atoms with E-state index in [4.69, 9.17) is 4.74 Å². The molecule has 176 valence electrons. The van der Waals surface area contributed by atoms with Gasteiger partial charge in [0.15, 0.2) is 9.84 Å². The topological polar surface area (TPSA) is 103 Å². The average Bonchev–Trinajstić information content (AvgIpc) is 3.26. The molecule has 0 aliphatic carbocycles. The van der Waals surface area contributed by atoms with Gasteiger partial charge in [-0.3, -0.25) is 9.78 Å². The number of pyridine rings is 1. The van der Waals surface area contributed by atoms with Gasteiger partial charge in [-0.15, -0.1) is 0 Å². The zero-order valence-electron chi connectivity index (χ0n) is 18.8. The molecule has 4 aromatic rings. The second-order valence-electron chi connectivity index (χ2n) is 7.77. The number of carbonyl (C=O) groups is 1. The minimum atomic E-state index is -3.53. The Morgan fingerprint density at radius 1 is 1.15 bits per heavy atom. The first-order valence-electron chi connectivity index (χ1n) is 10.5. The van der Waals surface area contributed by atoms with Crippen LogP contribution in [-0.4, -0.2) is 42.5 Å². The highest BCUT2D eigenvalue weighted by Gasteiger charge is 2.21. The predicted molar refractivity (Wildman–Crippen MR) is 125 cm³/mol. The van der Waals surface area contributed by atoms with Gasteiger partial charge in [0.1, 0.15) is 16.5 Å². The van der Waals surface area contributed by atoms with E-state index in [1.807, 2.05) is 6.92 Å². The van der Waals surface area contributed by atoms with Crippen molar-refractivity contribution in [2.75, 3.05) is 13.4 Å². The van der Waals surface area contributed by atoms with Crippen molar-refractivity contribution in [3.8, 4) is 11.4 Å². The van der Waals surface area contributed by atoms with Crippen molar-refractivity contribution in [2.24, 2.45) is 0 Å². The Bertz CT molecular complexity index is 1470. The summed E-state index contributed by atoms with van der Waals surface area (Å²) < 4.78 is 44.5. The lowest BCUT2D eigenvalue weighted by molar-refractivity contribution is 0.0937. The monoisotopic (exact) mass is 482 g/mol. The smallest absolute Gasteiger partial charge is 0.254 e. The van der Waals surface area contributed by atoms with E-state index in [0.29, 0.717) is 34.1 Å². The molecule has 0 radical (unpaired) electrons. The average molecular weight is 483 g/mol. The third kappa shape index (κ3) is 4.49. The SMILES string of the molecule is CC[C@@H](NC(=O)c1cncc2c1cnn2-c1ccc(F)cc1)c1ccc(OC)c(S(C)(=O)=O)c1. The molecule has 0 aliphatic rings. The Morgan fingerprint density at radius 3 is 2.53 bits per heavy atom. The summed E-state index contributed by atoms with van der Waals surface area (Å²) in [5.74, 6) is -0.489. The van der Waals surface area contributed by atoms with E-state index in [-0.39, 0.29) is 22.4 Å². The standard InChI is InChI=1S/C24H23FN4O4S/c1-4-20(15-5-10-22(33-2)23(11-15)34(3,31)32)28-24(30)19-12-26-14-21-18(19)13-27-29(21)17-8-6-16(25)7-9-17/h5-14,20H,4H2,1-3H3,(H,28,30)/t20-/m1/s1. The third-order valence-electron chi connectivity index (χ3n) is 5.52. The first-order valence-corrected chi connectivity index (χ1v) is 12.4. The molecule has 1 amide bonds. The lowest BCUT2D eigenvalue weighted by Gasteiger charge is -2.19. The number of nitrogens with zero attached hydrogens (tertiary/aromatic N) is 3. The van der Waals surface area contributed by atoms with Gasteiger partial charge >= 0.3 is 0 Å². The van der Waals surface area contributed by atoms with Crippen molar-refractivity contribution in [3.05, 3.63) is 78.0 Å². The van der Waals surface area contributed by atoms with Crippen LogP contribution >= 0.6 is 0 Å². The Morgan fingerprint density at radius 2 is 1.88 bits per heavy atom. The number of halogens is 1. The van der Waals surface area contributed by atoms with Gasteiger partial charge in [0.2, 0.25) is 0 Å². The third-order valence-corrected chi connectivity index (χ3v) is 6.63. The van der Waals surface area contributed by atoms with Gasteiger partial charge in [0.25, 0.3) is 5.91 Å². The van der Waals surface area contributed by atoms with Crippen molar-refractivity contribution >= 4 is 26.6 Å². The number of aromatic nitrogens is 3. The number of carbonyl (C=O) groups excluding carboxylic acids is 1. The molecule has 2 heterocycles. The van der Waals surface area contributed by atoms with Crippen LogP contribution in [0.5, 0.6) is 5.75 Å². The number of benzene rings is 2. The molecular formula is C24H23FN4O4S. The predicted octanol–water partition coefficient (Wildman–Crippen LogP) is 3.85. The molecule has 0 aliphatic heterocycles. The summed E-state index contributed by atoms with van der Waals surface area (Å²) in [7, 11) is -2.12. The highest BCUT2D eigenvalue weighted by atomic mass is 32.2. The van der Waals surface area contributed by atoms with Crippen molar-refractivity contribution in [3.63, 3.8) is 0 Å². The summed E-state index contributed by atoms with van der Waals surface area (Å²) in [6.07, 6.45) is 6.24. The fourth-order valence-electron chi connectivity index (χ4n) is 3.77. The van der Waals surface area contributed by atoms with Crippen molar-refractivity contribution in [1.29, 1.82) is 0 Å². The highest BCUT2D eigenvalue weighted by molar-refractivity contribution is 7.90. The highest BCUT2D eigenvalue weighted by Crippen LogP contribution is 2.29. The number of hydrogen-bond acceptors (Lipinski definition) is 6. The number of fused-ring (bicyclic) bond motifs is 1. The second-order valence-corrected chi connectivity index (χ2v) is 9.75. The van der Waals surface area contributed by atoms with Crippen LogP contribution in [0.4, 0.5) is 4.39 Å². The number of rotatable bonds is 7. The zero-order chi connectivity index (χ0) is 24.5. The fraction of sp³-hybridized carbons (Fsp3) is 0.208. The van der Waals surface area contributed by atoms with Crippen molar-refractivity contribution in [2.45, 2.75) is 24.3 Å². The Labute approximate surface area is 196 Å². The Kier molecular flexibility index (Phi) is 6.34. The molecule has 0 unspecified atom stereocenters. The summed E-state index contributed by atoms with van der Waals surface area (Å²) in [6.45, 7) is 1.89. The number of nitrogens with one attached hydrogen (secondary N) is 1. The summed E-state index contributed by atoms with van der Waals surface area (Å²) >= 11 is 0. The molecule has 0 saturated carbocycles. The lowest BCUT2D eigenvalue weighted by Crippen LogP contribution is -2.28. The Balaban J connectivity index is 1.67. The van der Waals surface area contributed by atoms with Crippen LogP contribution in [0.15, 0.2) is 66.0 Å². The molecule has 2 aromatic heterocycles. The van der Waals surface area contributed by atoms with Gasteiger partial charge in [-0.05, 0) is 48.4 Å². The Hall–Kier alpha value is -3.79. The van der Waals surface area contributed by atoms with E-state index in [2.05, 4.69) is 15.4 Å². The van der Waals surface area contributed by atoms with Crippen LogP contribution in [0, 0.1) is 5.82 Å². The number of amides is 1. The van der Waals surface area contributed by atoms with Crippen LogP contribution in [0.2, 0.25) is 0 Å². The van der Waals surface area contributed by atoms with Gasteiger partial charge in [0.05, 0.1) is 42.3 Å². The van der Waals surface area contributed by atoms with Crippen LogP contribution < -0.4 is 10.1 Å². The summed E-state index contributed by atoms with van der Waals surface area (Å²) in [6, 6.07) is 10.2. The lowest BCUT2D eigenvalue weighted by atomic mass is 10.0. The van der Waals surface area contributed by atoms with E-state index in [9.17, 15) is 17.6 Å². The maximum atomic E-state index is 13.3. The fourth-order valence-corrected chi connectivity index (χ4v) is 4.63. The number of sulfone groups is 1. The summed E-state index contributed by atoms with van der Waals surface area (Å²) in [5, 5.41) is 7.89. The number of methoxy groups -OCH3 is 1. The molecule has 0 fully saturated rings. The molecule has 8 nitrogen and oxygen atoms in total. The van der Waals surface area contributed by atoms with E-state index < -0.39 is 15.9 Å². The van der Waals surface area contributed by atoms with Crippen molar-refractivity contribution in [1.82, 2.24) is 20.1 Å². The minimum Gasteiger partial charge on any atom is -0.495 e. The molecule has 1 N–H and O–H groups in total. The first kappa shape index (κ1) is 23.4. The molecule has 4 rings (SSSR count). The van der Waals surface area contributed by atoms with Gasteiger partial charge in [-0.1, -0.05) is 13.0 Å². The minimum absolute atomic E-state index is 0.0598. The molecule has 2 aromatic carbocycles. The molecular weight excluding hydrogens is 459 g/mol. The van der Waals surface area contributed by atoms with Crippen molar-refractivity contribution < 1.29 is 22.3 Å². The number of hydrogen-bond donors (Lipinski definition) is 1. The maximum Gasteiger partial charge on any atom is 0.254 e. The normalized spacial score (nSPS) is 12.5. The van der Waals surface area contributed by atoms with Gasteiger partial charge in [0, 0.05) is 17.8 Å². The summed E-state index contributed by atoms with van der Waals surface area (Å²) in [4.78, 5) is 17.5. The van der Waals surface area contributed by atoms with Gasteiger partial charge in [-0.25, -0.2) is 17.5 Å². The largest absolute Gasteiger partial charge is 0.495 e. The van der Waals surface area contributed by atoms with E-state index in [0.717, 1.165) is 6.26 Å². The number of ether oxygens (including phenoxy) is 1.